The summed E-state index contributed by atoms with van der Waals surface area (Å²) < 4.78 is 12.1. The zero-order chi connectivity index (χ0) is 22.9. The number of rotatable bonds is 3. The highest BCUT2D eigenvalue weighted by Gasteiger charge is 2.27. The maximum Gasteiger partial charge on any atom is 0.410 e. The van der Waals surface area contributed by atoms with Crippen molar-refractivity contribution >= 4 is 23.0 Å². The van der Waals surface area contributed by atoms with E-state index < -0.39 is 11.6 Å². The molecule has 3 aromatic rings. The zero-order valence-electron chi connectivity index (χ0n) is 19.0. The highest BCUT2D eigenvalue weighted by molar-refractivity contribution is 6.02. The number of esters is 1. The summed E-state index contributed by atoms with van der Waals surface area (Å²) in [4.78, 5) is 26.1. The van der Waals surface area contributed by atoms with E-state index >= 15 is 0 Å². The van der Waals surface area contributed by atoms with Gasteiger partial charge in [0.25, 0.3) is 0 Å². The van der Waals surface area contributed by atoms with Crippen LogP contribution in [0.1, 0.15) is 55.5 Å². The highest BCUT2D eigenvalue weighted by Crippen LogP contribution is 2.29. The summed E-state index contributed by atoms with van der Waals surface area (Å²) in [6.45, 7) is 7.05. The third-order valence-corrected chi connectivity index (χ3v) is 5.72. The number of ether oxygens (including phenoxy) is 2. The summed E-state index contributed by atoms with van der Waals surface area (Å²) in [6.07, 6.45) is 3.50. The first kappa shape index (κ1) is 21.9. The van der Waals surface area contributed by atoms with Gasteiger partial charge in [-0.25, -0.2) is 14.3 Å². The quantitative estimate of drug-likeness (QED) is 0.546. The maximum absolute atomic E-state index is 12.3. The van der Waals surface area contributed by atoms with Gasteiger partial charge in [-0.3, -0.25) is 0 Å². The lowest BCUT2D eigenvalue weighted by Gasteiger charge is -2.33. The number of aromatic nitrogens is 2. The molecule has 1 amide bonds. The van der Waals surface area contributed by atoms with E-state index in [-0.39, 0.29) is 6.09 Å². The van der Waals surface area contributed by atoms with Crippen LogP contribution in [0, 0.1) is 0 Å². The topological polar surface area (TPSA) is 73.7 Å². The number of hydrogen-bond acceptors (Lipinski definition) is 5. The lowest BCUT2D eigenvalue weighted by atomic mass is 9.89. The Morgan fingerprint density at radius 2 is 1.72 bits per heavy atom. The van der Waals surface area contributed by atoms with Gasteiger partial charge in [0.15, 0.2) is 0 Å². The Kier molecular flexibility index (Phi) is 5.91. The van der Waals surface area contributed by atoms with Gasteiger partial charge >= 0.3 is 12.1 Å². The van der Waals surface area contributed by atoms with Crippen LogP contribution in [0.5, 0.6) is 0 Å². The molecule has 2 aromatic carbocycles. The van der Waals surface area contributed by atoms with Gasteiger partial charge in [-0.2, -0.15) is 5.10 Å². The number of nitrogens with zero attached hydrogens (tertiary/aromatic N) is 3. The predicted molar refractivity (Wildman–Crippen MR) is 122 cm³/mol. The smallest absolute Gasteiger partial charge is 0.410 e. The average molecular weight is 436 g/mol. The first-order chi connectivity index (χ1) is 15.2. The fourth-order valence-corrected chi connectivity index (χ4v) is 4.07. The number of likely N-dealkylation sites (tertiary alicyclic amines) is 1. The van der Waals surface area contributed by atoms with Gasteiger partial charge < -0.3 is 14.4 Å². The summed E-state index contributed by atoms with van der Waals surface area (Å²) in [7, 11) is 1.37. The van der Waals surface area contributed by atoms with E-state index in [4.69, 9.17) is 9.47 Å². The number of piperidine rings is 1. The lowest BCUT2D eigenvalue weighted by Crippen LogP contribution is -2.41. The van der Waals surface area contributed by atoms with Crippen LogP contribution in [-0.4, -0.2) is 52.5 Å². The Hall–Kier alpha value is -3.35. The molecule has 1 aliphatic rings. The molecular weight excluding hydrogens is 406 g/mol. The number of carbonyl (C=O) groups is 2. The number of benzene rings is 2. The van der Waals surface area contributed by atoms with E-state index in [9.17, 15) is 9.59 Å². The molecule has 0 saturated carbocycles. The highest BCUT2D eigenvalue weighted by atomic mass is 16.6. The maximum atomic E-state index is 12.3. The Morgan fingerprint density at radius 3 is 2.34 bits per heavy atom. The van der Waals surface area contributed by atoms with Crippen molar-refractivity contribution in [3.8, 4) is 5.69 Å². The number of carbonyl (C=O) groups excluding carboxylic acids is 2. The van der Waals surface area contributed by atoms with E-state index in [1.165, 1.54) is 12.7 Å². The normalized spacial score (nSPS) is 15.1. The van der Waals surface area contributed by atoms with Crippen molar-refractivity contribution in [3.05, 3.63) is 59.8 Å². The number of fused-ring (bicyclic) bond motifs is 1. The van der Waals surface area contributed by atoms with E-state index in [0.29, 0.717) is 30.1 Å². The van der Waals surface area contributed by atoms with E-state index in [1.807, 2.05) is 51.2 Å². The van der Waals surface area contributed by atoms with Gasteiger partial charge in [0.1, 0.15) is 11.1 Å². The molecule has 0 bridgehead atoms. The molecule has 1 saturated heterocycles. The summed E-state index contributed by atoms with van der Waals surface area (Å²) >= 11 is 0. The molecule has 0 spiro atoms. The van der Waals surface area contributed by atoms with E-state index in [1.54, 1.807) is 15.6 Å². The molecular formula is C25H29N3O4. The van der Waals surface area contributed by atoms with Crippen molar-refractivity contribution in [2.45, 2.75) is 45.1 Å². The largest absolute Gasteiger partial charge is 0.465 e. The van der Waals surface area contributed by atoms with Crippen LogP contribution in [0.25, 0.3) is 16.6 Å². The van der Waals surface area contributed by atoms with Crippen LogP contribution in [-0.2, 0) is 9.47 Å². The van der Waals surface area contributed by atoms with Gasteiger partial charge in [-0.05, 0) is 63.3 Å². The minimum absolute atomic E-state index is 0.233. The van der Waals surface area contributed by atoms with Crippen LogP contribution in [0.15, 0.2) is 48.7 Å². The van der Waals surface area contributed by atoms with Gasteiger partial charge in [0, 0.05) is 24.7 Å². The van der Waals surface area contributed by atoms with Gasteiger partial charge in [0.2, 0.25) is 0 Å². The Balaban J connectivity index is 1.45. The molecule has 2 heterocycles. The van der Waals surface area contributed by atoms with E-state index in [2.05, 4.69) is 17.2 Å². The number of hydrogen-bond donors (Lipinski definition) is 0. The summed E-state index contributed by atoms with van der Waals surface area (Å²) in [5.74, 6) is 0.0132. The molecule has 32 heavy (non-hydrogen) atoms. The fourth-order valence-electron chi connectivity index (χ4n) is 4.07. The van der Waals surface area contributed by atoms with Crippen LogP contribution in [0.4, 0.5) is 4.79 Å². The van der Waals surface area contributed by atoms with Crippen molar-refractivity contribution in [2.75, 3.05) is 20.2 Å². The van der Waals surface area contributed by atoms with Crippen molar-refractivity contribution < 1.29 is 19.1 Å². The molecule has 4 rings (SSSR count). The van der Waals surface area contributed by atoms with Crippen LogP contribution >= 0.6 is 0 Å². The molecule has 0 atom stereocenters. The number of methoxy groups -OCH3 is 1. The third-order valence-electron chi connectivity index (χ3n) is 5.72. The Morgan fingerprint density at radius 1 is 1.03 bits per heavy atom. The monoisotopic (exact) mass is 435 g/mol. The lowest BCUT2D eigenvalue weighted by molar-refractivity contribution is 0.0204. The average Bonchev–Trinajstić information content (AvgIpc) is 3.22. The summed E-state index contributed by atoms with van der Waals surface area (Å²) in [5.41, 5.74) is 2.78. The molecule has 168 valence electrons. The SMILES string of the molecule is COC(=O)c1cccc2cn(-c3ccc(C4CCN(C(=O)OC(C)(C)C)CC4)cc3)nc12. The molecule has 0 unspecified atom stereocenters. The first-order valence-electron chi connectivity index (χ1n) is 10.9. The van der Waals surface area contributed by atoms with Crippen molar-refractivity contribution in [1.29, 1.82) is 0 Å². The summed E-state index contributed by atoms with van der Waals surface area (Å²) in [5, 5.41) is 5.49. The van der Waals surface area contributed by atoms with Crippen LogP contribution in [0.3, 0.4) is 0 Å². The zero-order valence-corrected chi connectivity index (χ0v) is 19.0. The Labute approximate surface area is 187 Å². The molecule has 1 aromatic heterocycles. The van der Waals surface area contributed by atoms with Gasteiger partial charge in [-0.15, -0.1) is 0 Å². The third kappa shape index (κ3) is 4.61. The molecule has 1 aliphatic heterocycles. The summed E-state index contributed by atoms with van der Waals surface area (Å²) in [6, 6.07) is 13.8. The minimum atomic E-state index is -0.474. The Bertz CT molecular complexity index is 1120. The second kappa shape index (κ2) is 8.65. The number of amides is 1. The standard InChI is InChI=1S/C25H29N3O4/c1-25(2,3)32-24(30)27-14-12-18(13-15-27)17-8-10-20(11-9-17)28-16-19-6-5-7-21(22(19)26-28)23(29)31-4/h5-11,16,18H,12-15H2,1-4H3. The van der Waals surface area contributed by atoms with Gasteiger partial charge in [-0.1, -0.05) is 24.3 Å². The molecule has 1 fully saturated rings. The van der Waals surface area contributed by atoms with Crippen molar-refractivity contribution in [3.63, 3.8) is 0 Å². The molecule has 7 nitrogen and oxygen atoms in total. The van der Waals surface area contributed by atoms with Crippen molar-refractivity contribution in [1.82, 2.24) is 14.7 Å². The second-order valence-corrected chi connectivity index (χ2v) is 9.14. The molecule has 0 radical (unpaired) electrons. The molecule has 0 aliphatic carbocycles. The predicted octanol–water partition coefficient (Wildman–Crippen LogP) is 4.93. The first-order valence-corrected chi connectivity index (χ1v) is 10.9. The van der Waals surface area contributed by atoms with Crippen LogP contribution < -0.4 is 0 Å². The fraction of sp³-hybridized carbons (Fsp3) is 0.400. The molecule has 0 N–H and O–H groups in total. The molecule has 7 heteroatoms. The minimum Gasteiger partial charge on any atom is -0.465 e. The van der Waals surface area contributed by atoms with Crippen LogP contribution in [0.2, 0.25) is 0 Å². The second-order valence-electron chi connectivity index (χ2n) is 9.14. The van der Waals surface area contributed by atoms with Crippen molar-refractivity contribution in [2.24, 2.45) is 0 Å². The van der Waals surface area contributed by atoms with Gasteiger partial charge in [0.05, 0.1) is 18.4 Å². The van der Waals surface area contributed by atoms with E-state index in [0.717, 1.165) is 23.9 Å².